The van der Waals surface area contributed by atoms with Crippen LogP contribution in [0.5, 0.6) is 0 Å². The molecule has 34 heavy (non-hydrogen) atoms. The van der Waals surface area contributed by atoms with Gasteiger partial charge in [-0.15, -0.1) is 0 Å². The monoisotopic (exact) mass is 456 g/mol. The molecule has 0 aliphatic rings. The Kier molecular flexibility index (Phi) is 6.89. The second-order valence-corrected chi connectivity index (χ2v) is 8.22. The molecule has 1 atom stereocenters. The molecule has 1 amide bonds. The molecule has 0 radical (unpaired) electrons. The fourth-order valence-electron chi connectivity index (χ4n) is 3.60. The van der Waals surface area contributed by atoms with Crippen molar-refractivity contribution >= 4 is 23.2 Å². The summed E-state index contributed by atoms with van der Waals surface area (Å²) in [4.78, 5) is 26.9. The largest absolute Gasteiger partial charge is 0.394 e. The fraction of sp³-hybridized carbons (Fsp3) is 0.192. The first kappa shape index (κ1) is 23.0. The quantitative estimate of drug-likeness (QED) is 0.319. The number of hydrogen-bond donors (Lipinski definition) is 4. The lowest BCUT2D eigenvalue weighted by atomic mass is 10.1. The number of nitrogens with one attached hydrogen (secondary N) is 3. The average molecular weight is 457 g/mol. The number of aryl methyl sites for hydroxylation is 1. The molecule has 0 aliphatic carbocycles. The van der Waals surface area contributed by atoms with Gasteiger partial charge in [0.25, 0.3) is 5.91 Å². The lowest BCUT2D eigenvalue weighted by Gasteiger charge is -2.16. The smallest absolute Gasteiger partial charge is 0.268 e. The van der Waals surface area contributed by atoms with Gasteiger partial charge in [-0.25, -0.2) is 9.97 Å². The Morgan fingerprint density at radius 1 is 1.12 bits per heavy atom. The predicted molar refractivity (Wildman–Crippen MR) is 134 cm³/mol. The van der Waals surface area contributed by atoms with Crippen LogP contribution in [0, 0.1) is 6.92 Å². The number of anilines is 3. The van der Waals surface area contributed by atoms with Crippen LogP contribution in [0.25, 0.3) is 11.3 Å². The van der Waals surface area contributed by atoms with Crippen molar-refractivity contribution < 1.29 is 9.90 Å². The molecular weight excluding hydrogens is 428 g/mol. The third-order valence-corrected chi connectivity index (χ3v) is 5.48. The standard InChI is InChI=1S/C26H28N6O2/c1-17-14-28-26(29-20-10-7-11-21(13-20)32(2)3)31-24(17)19-12-22(27-15-19)25(34)30-23(16-33)18-8-5-4-6-9-18/h4-15,23,27,33H,16H2,1-3H3,(H,30,34)(H,28,29,31). The van der Waals surface area contributed by atoms with Crippen LogP contribution in [0.2, 0.25) is 0 Å². The lowest BCUT2D eigenvalue weighted by Crippen LogP contribution is -2.30. The third-order valence-electron chi connectivity index (χ3n) is 5.48. The molecule has 1 unspecified atom stereocenters. The van der Waals surface area contributed by atoms with Crippen LogP contribution in [0.15, 0.2) is 73.1 Å². The van der Waals surface area contributed by atoms with Crippen LogP contribution in [0.3, 0.4) is 0 Å². The normalized spacial score (nSPS) is 11.6. The number of carbonyl (C=O) groups is 1. The second-order valence-electron chi connectivity index (χ2n) is 8.22. The summed E-state index contributed by atoms with van der Waals surface area (Å²) in [5.41, 5.74) is 5.55. The molecule has 2 aromatic carbocycles. The molecule has 0 spiro atoms. The predicted octanol–water partition coefficient (Wildman–Crippen LogP) is 4.05. The van der Waals surface area contributed by atoms with Gasteiger partial charge in [-0.3, -0.25) is 4.79 Å². The number of aliphatic hydroxyl groups is 1. The summed E-state index contributed by atoms with van der Waals surface area (Å²) >= 11 is 0. The Bertz CT molecular complexity index is 1270. The number of aromatic amines is 1. The van der Waals surface area contributed by atoms with Crippen molar-refractivity contribution in [3.63, 3.8) is 0 Å². The van der Waals surface area contributed by atoms with E-state index in [4.69, 9.17) is 0 Å². The van der Waals surface area contributed by atoms with Gasteiger partial charge in [0, 0.05) is 43.4 Å². The molecule has 2 aromatic heterocycles. The minimum Gasteiger partial charge on any atom is -0.394 e. The van der Waals surface area contributed by atoms with E-state index in [-0.39, 0.29) is 12.5 Å². The molecule has 0 aliphatic heterocycles. The van der Waals surface area contributed by atoms with E-state index >= 15 is 0 Å². The van der Waals surface area contributed by atoms with Crippen LogP contribution in [-0.2, 0) is 0 Å². The van der Waals surface area contributed by atoms with Gasteiger partial charge in [-0.1, -0.05) is 36.4 Å². The van der Waals surface area contributed by atoms with Crippen LogP contribution >= 0.6 is 0 Å². The highest BCUT2D eigenvalue weighted by atomic mass is 16.3. The van der Waals surface area contributed by atoms with Crippen LogP contribution in [-0.4, -0.2) is 46.7 Å². The van der Waals surface area contributed by atoms with Crippen molar-refractivity contribution in [2.24, 2.45) is 0 Å². The first-order valence-corrected chi connectivity index (χ1v) is 11.0. The van der Waals surface area contributed by atoms with Crippen molar-refractivity contribution in [3.05, 3.63) is 89.9 Å². The number of hydrogen-bond acceptors (Lipinski definition) is 6. The number of amides is 1. The van der Waals surface area contributed by atoms with Gasteiger partial charge in [-0.2, -0.15) is 0 Å². The number of H-pyrrole nitrogens is 1. The summed E-state index contributed by atoms with van der Waals surface area (Å²) in [6.07, 6.45) is 3.50. The van der Waals surface area contributed by atoms with E-state index in [0.717, 1.165) is 33.8 Å². The molecule has 174 valence electrons. The maximum Gasteiger partial charge on any atom is 0.268 e. The van der Waals surface area contributed by atoms with Gasteiger partial charge in [0.15, 0.2) is 0 Å². The SMILES string of the molecule is Cc1cnc(Nc2cccc(N(C)C)c2)nc1-c1c[nH]c(C(=O)NC(CO)c2ccccc2)c1. The molecule has 4 N–H and O–H groups in total. The van der Waals surface area contributed by atoms with E-state index < -0.39 is 6.04 Å². The van der Waals surface area contributed by atoms with E-state index in [1.165, 1.54) is 0 Å². The summed E-state index contributed by atoms with van der Waals surface area (Å²) in [7, 11) is 3.98. The molecular formula is C26H28N6O2. The summed E-state index contributed by atoms with van der Waals surface area (Å²) in [5, 5.41) is 15.9. The van der Waals surface area contributed by atoms with Crippen LogP contribution in [0.4, 0.5) is 17.3 Å². The summed E-state index contributed by atoms with van der Waals surface area (Å²) in [6, 6.07) is 18.6. The highest BCUT2D eigenvalue weighted by Crippen LogP contribution is 2.25. The fourth-order valence-corrected chi connectivity index (χ4v) is 3.60. The number of aromatic nitrogens is 3. The van der Waals surface area contributed by atoms with Crippen LogP contribution < -0.4 is 15.5 Å². The number of aliphatic hydroxyl groups excluding tert-OH is 1. The average Bonchev–Trinajstić information content (AvgIpc) is 3.34. The van der Waals surface area contributed by atoms with Gasteiger partial charge in [-0.05, 0) is 42.3 Å². The molecule has 0 saturated heterocycles. The van der Waals surface area contributed by atoms with Gasteiger partial charge in [0.2, 0.25) is 5.95 Å². The molecule has 4 rings (SSSR count). The molecule has 0 fully saturated rings. The number of rotatable bonds is 8. The van der Waals surface area contributed by atoms with E-state index in [0.29, 0.717) is 11.6 Å². The van der Waals surface area contributed by atoms with E-state index in [9.17, 15) is 9.90 Å². The van der Waals surface area contributed by atoms with Crippen LogP contribution in [0.1, 0.15) is 27.7 Å². The van der Waals surface area contributed by atoms with Crippen molar-refractivity contribution in [2.45, 2.75) is 13.0 Å². The number of benzene rings is 2. The second kappa shape index (κ2) is 10.2. The number of nitrogens with zero attached hydrogens (tertiary/aromatic N) is 3. The Balaban J connectivity index is 1.52. The molecule has 8 nitrogen and oxygen atoms in total. The van der Waals surface area contributed by atoms with Gasteiger partial charge in [0.05, 0.1) is 18.3 Å². The lowest BCUT2D eigenvalue weighted by molar-refractivity contribution is 0.0912. The zero-order valence-electron chi connectivity index (χ0n) is 19.4. The molecule has 0 bridgehead atoms. The first-order chi connectivity index (χ1) is 16.4. The minimum absolute atomic E-state index is 0.196. The zero-order chi connectivity index (χ0) is 24.1. The van der Waals surface area contributed by atoms with Gasteiger partial charge < -0.3 is 25.6 Å². The van der Waals surface area contributed by atoms with Crippen molar-refractivity contribution in [2.75, 3.05) is 30.9 Å². The Hall–Kier alpha value is -4.17. The topological polar surface area (TPSA) is 106 Å². The molecule has 4 aromatic rings. The van der Waals surface area contributed by atoms with E-state index in [2.05, 4.69) is 25.6 Å². The maximum atomic E-state index is 12.8. The molecule has 0 saturated carbocycles. The maximum absolute atomic E-state index is 12.8. The Morgan fingerprint density at radius 3 is 2.65 bits per heavy atom. The molecule has 2 heterocycles. The van der Waals surface area contributed by atoms with E-state index in [1.54, 1.807) is 18.5 Å². The van der Waals surface area contributed by atoms with Gasteiger partial charge in [0.1, 0.15) is 5.69 Å². The highest BCUT2D eigenvalue weighted by molar-refractivity contribution is 5.94. The van der Waals surface area contributed by atoms with E-state index in [1.807, 2.05) is 80.5 Å². The number of carbonyl (C=O) groups excluding carboxylic acids is 1. The van der Waals surface area contributed by atoms with Gasteiger partial charge >= 0.3 is 0 Å². The Labute approximate surface area is 198 Å². The summed E-state index contributed by atoms with van der Waals surface area (Å²) in [5.74, 6) is 0.160. The van der Waals surface area contributed by atoms with Crippen molar-refractivity contribution in [3.8, 4) is 11.3 Å². The summed E-state index contributed by atoms with van der Waals surface area (Å²) in [6.45, 7) is 1.73. The summed E-state index contributed by atoms with van der Waals surface area (Å²) < 4.78 is 0. The Morgan fingerprint density at radius 2 is 1.91 bits per heavy atom. The molecule has 8 heteroatoms. The third kappa shape index (κ3) is 5.24. The first-order valence-electron chi connectivity index (χ1n) is 11.0. The highest BCUT2D eigenvalue weighted by Gasteiger charge is 2.17. The van der Waals surface area contributed by atoms with Crippen molar-refractivity contribution in [1.82, 2.24) is 20.3 Å². The zero-order valence-corrected chi connectivity index (χ0v) is 19.4. The van der Waals surface area contributed by atoms with Crippen molar-refractivity contribution in [1.29, 1.82) is 0 Å². The minimum atomic E-state index is -0.491.